The van der Waals surface area contributed by atoms with Crippen LogP contribution < -0.4 is 0 Å². The first kappa shape index (κ1) is 15.9. The van der Waals surface area contributed by atoms with Crippen molar-refractivity contribution in [3.8, 4) is 0 Å². The standard InChI is InChI=1S/C19H14Cl2O2/c1-11-6-7-14(12(2)8-11)18-10-13(19(22)23-18)9-15-16(20)4-3-5-17(15)21/h3-10H,1-2H3/b13-9+. The monoisotopic (exact) mass is 344 g/mol. The van der Waals surface area contributed by atoms with Crippen LogP contribution in [0.3, 0.4) is 0 Å². The van der Waals surface area contributed by atoms with Gasteiger partial charge in [0.15, 0.2) is 0 Å². The topological polar surface area (TPSA) is 26.3 Å². The average molecular weight is 345 g/mol. The fourth-order valence-corrected chi connectivity index (χ4v) is 3.02. The summed E-state index contributed by atoms with van der Waals surface area (Å²) in [7, 11) is 0. The lowest BCUT2D eigenvalue weighted by Crippen LogP contribution is -1.98. The number of ether oxygens (including phenoxy) is 1. The smallest absolute Gasteiger partial charge is 0.343 e. The van der Waals surface area contributed by atoms with Crippen molar-refractivity contribution in [3.63, 3.8) is 0 Å². The normalized spacial score (nSPS) is 15.7. The van der Waals surface area contributed by atoms with Gasteiger partial charge in [0.05, 0.1) is 5.57 Å². The number of cyclic esters (lactones) is 1. The lowest BCUT2D eigenvalue weighted by molar-refractivity contribution is -0.130. The van der Waals surface area contributed by atoms with Gasteiger partial charge in [-0.15, -0.1) is 0 Å². The number of hydrogen-bond acceptors (Lipinski definition) is 2. The third-order valence-corrected chi connectivity index (χ3v) is 4.33. The van der Waals surface area contributed by atoms with Crippen molar-refractivity contribution in [3.05, 3.63) is 80.3 Å². The Labute approximate surface area is 145 Å². The zero-order chi connectivity index (χ0) is 16.6. The van der Waals surface area contributed by atoms with Gasteiger partial charge in [0, 0.05) is 21.2 Å². The van der Waals surface area contributed by atoms with Gasteiger partial charge in [-0.3, -0.25) is 0 Å². The van der Waals surface area contributed by atoms with Crippen molar-refractivity contribution in [2.75, 3.05) is 0 Å². The Hall–Kier alpha value is -2.03. The van der Waals surface area contributed by atoms with Gasteiger partial charge in [-0.2, -0.15) is 0 Å². The van der Waals surface area contributed by atoms with E-state index in [1.807, 2.05) is 26.0 Å². The van der Waals surface area contributed by atoms with Crippen LogP contribution in [-0.2, 0) is 9.53 Å². The van der Waals surface area contributed by atoms with Crippen LogP contribution in [0.2, 0.25) is 10.0 Å². The van der Waals surface area contributed by atoms with Gasteiger partial charge in [-0.05, 0) is 43.7 Å². The van der Waals surface area contributed by atoms with Crippen LogP contribution in [0.1, 0.15) is 22.3 Å². The molecule has 0 radical (unpaired) electrons. The molecule has 3 rings (SSSR count). The molecule has 0 spiro atoms. The summed E-state index contributed by atoms with van der Waals surface area (Å²) in [6.45, 7) is 4.01. The zero-order valence-electron chi connectivity index (χ0n) is 12.7. The molecule has 0 N–H and O–H groups in total. The van der Waals surface area contributed by atoms with E-state index in [0.717, 1.165) is 16.7 Å². The minimum Gasteiger partial charge on any atom is -0.422 e. The molecule has 0 saturated carbocycles. The van der Waals surface area contributed by atoms with Gasteiger partial charge in [-0.25, -0.2) is 4.79 Å². The lowest BCUT2D eigenvalue weighted by atomic mass is 10.0. The predicted molar refractivity (Wildman–Crippen MR) is 94.4 cm³/mol. The fourth-order valence-electron chi connectivity index (χ4n) is 2.52. The number of carbonyl (C=O) groups is 1. The first-order chi connectivity index (χ1) is 11.0. The van der Waals surface area contributed by atoms with Gasteiger partial charge >= 0.3 is 5.97 Å². The van der Waals surface area contributed by atoms with Crippen LogP contribution in [0.4, 0.5) is 0 Å². The second-order valence-electron chi connectivity index (χ2n) is 5.45. The fraction of sp³-hybridized carbons (Fsp3) is 0.105. The molecule has 0 fully saturated rings. The van der Waals surface area contributed by atoms with Gasteiger partial charge in [-0.1, -0.05) is 53.0 Å². The van der Waals surface area contributed by atoms with E-state index in [2.05, 4.69) is 6.07 Å². The van der Waals surface area contributed by atoms with E-state index >= 15 is 0 Å². The Kier molecular flexibility index (Phi) is 4.29. The van der Waals surface area contributed by atoms with Crippen molar-refractivity contribution >= 4 is 41.0 Å². The van der Waals surface area contributed by atoms with Gasteiger partial charge < -0.3 is 4.74 Å². The number of carbonyl (C=O) groups excluding carboxylic acids is 1. The summed E-state index contributed by atoms with van der Waals surface area (Å²) in [4.78, 5) is 12.1. The Morgan fingerprint density at radius 2 is 1.74 bits per heavy atom. The number of benzene rings is 2. The summed E-state index contributed by atoms with van der Waals surface area (Å²) in [5, 5.41) is 0.984. The van der Waals surface area contributed by atoms with Crippen LogP contribution in [0, 0.1) is 13.8 Å². The quantitative estimate of drug-likeness (QED) is 0.524. The summed E-state index contributed by atoms with van der Waals surface area (Å²) >= 11 is 12.3. The predicted octanol–water partition coefficient (Wildman–Crippen LogP) is 5.59. The molecule has 1 heterocycles. The molecular weight excluding hydrogens is 331 g/mol. The molecular formula is C19H14Cl2O2. The SMILES string of the molecule is Cc1ccc(C2=C/C(=C\c3c(Cl)cccc3Cl)C(=O)O2)c(C)c1. The molecule has 1 aliphatic heterocycles. The van der Waals surface area contributed by atoms with E-state index in [0.29, 0.717) is 26.9 Å². The van der Waals surface area contributed by atoms with Crippen molar-refractivity contribution in [1.29, 1.82) is 0 Å². The summed E-state index contributed by atoms with van der Waals surface area (Å²) < 4.78 is 5.40. The molecule has 116 valence electrons. The number of aryl methyl sites for hydroxylation is 2. The number of hydrogen-bond donors (Lipinski definition) is 0. The summed E-state index contributed by atoms with van der Waals surface area (Å²) in [5.41, 5.74) is 4.16. The van der Waals surface area contributed by atoms with E-state index in [4.69, 9.17) is 27.9 Å². The maximum Gasteiger partial charge on any atom is 0.343 e. The van der Waals surface area contributed by atoms with E-state index in [9.17, 15) is 4.79 Å². The maximum atomic E-state index is 12.1. The third-order valence-electron chi connectivity index (χ3n) is 3.67. The van der Waals surface area contributed by atoms with E-state index in [1.165, 1.54) is 0 Å². The van der Waals surface area contributed by atoms with E-state index in [-0.39, 0.29) is 0 Å². The highest BCUT2D eigenvalue weighted by Crippen LogP contribution is 2.32. The maximum absolute atomic E-state index is 12.1. The number of esters is 1. The molecule has 0 saturated heterocycles. The molecule has 2 nitrogen and oxygen atoms in total. The summed E-state index contributed by atoms with van der Waals surface area (Å²) in [5.74, 6) is 0.137. The zero-order valence-corrected chi connectivity index (χ0v) is 14.2. The molecule has 0 atom stereocenters. The second-order valence-corrected chi connectivity index (χ2v) is 6.27. The Morgan fingerprint density at radius 1 is 1.04 bits per heavy atom. The molecule has 0 aromatic heterocycles. The van der Waals surface area contributed by atoms with Crippen LogP contribution in [0.25, 0.3) is 11.8 Å². The van der Waals surface area contributed by atoms with Crippen molar-refractivity contribution in [2.45, 2.75) is 13.8 Å². The van der Waals surface area contributed by atoms with Crippen LogP contribution >= 0.6 is 23.2 Å². The summed E-state index contributed by atoms with van der Waals surface area (Å²) in [6.07, 6.45) is 3.38. The molecule has 2 aromatic carbocycles. The first-order valence-corrected chi connectivity index (χ1v) is 7.88. The summed E-state index contributed by atoms with van der Waals surface area (Å²) in [6, 6.07) is 11.2. The van der Waals surface area contributed by atoms with Gasteiger partial charge in [0.2, 0.25) is 0 Å². The highest BCUT2D eigenvalue weighted by atomic mass is 35.5. The van der Waals surface area contributed by atoms with E-state index < -0.39 is 5.97 Å². The second kappa shape index (κ2) is 6.23. The first-order valence-electron chi connectivity index (χ1n) is 7.13. The molecule has 0 bridgehead atoms. The number of halogens is 2. The minimum absolute atomic E-state index is 0.407. The van der Waals surface area contributed by atoms with Crippen LogP contribution in [0.5, 0.6) is 0 Å². The molecule has 2 aromatic rings. The van der Waals surface area contributed by atoms with Crippen molar-refractivity contribution in [2.24, 2.45) is 0 Å². The molecule has 23 heavy (non-hydrogen) atoms. The third kappa shape index (κ3) is 3.19. The molecule has 4 heteroatoms. The molecule has 1 aliphatic rings. The van der Waals surface area contributed by atoms with Crippen LogP contribution in [0.15, 0.2) is 48.0 Å². The largest absolute Gasteiger partial charge is 0.422 e. The van der Waals surface area contributed by atoms with Gasteiger partial charge in [0.1, 0.15) is 5.76 Å². The van der Waals surface area contributed by atoms with Crippen LogP contribution in [-0.4, -0.2) is 5.97 Å². The van der Waals surface area contributed by atoms with Crippen molar-refractivity contribution in [1.82, 2.24) is 0 Å². The Morgan fingerprint density at radius 3 is 2.39 bits per heavy atom. The Bertz CT molecular complexity index is 843. The highest BCUT2D eigenvalue weighted by Gasteiger charge is 2.23. The Balaban J connectivity index is 2.03. The molecule has 0 unspecified atom stereocenters. The van der Waals surface area contributed by atoms with Crippen molar-refractivity contribution < 1.29 is 9.53 Å². The molecule has 0 aliphatic carbocycles. The minimum atomic E-state index is -0.407. The van der Waals surface area contributed by atoms with Gasteiger partial charge in [0.25, 0.3) is 0 Å². The highest BCUT2D eigenvalue weighted by molar-refractivity contribution is 6.37. The lowest BCUT2D eigenvalue weighted by Gasteiger charge is -2.06. The average Bonchev–Trinajstić information content (AvgIpc) is 2.84. The molecule has 0 amide bonds. The number of rotatable bonds is 2. The van der Waals surface area contributed by atoms with E-state index in [1.54, 1.807) is 30.4 Å².